The second kappa shape index (κ2) is 11.3. The normalized spacial score (nSPS) is 17.6. The van der Waals surface area contributed by atoms with E-state index in [0.29, 0.717) is 12.2 Å². The molecule has 0 bridgehead atoms. The van der Waals surface area contributed by atoms with Crippen LogP contribution in [0.1, 0.15) is 42.9 Å². The van der Waals surface area contributed by atoms with Crippen LogP contribution in [0.4, 0.5) is 0 Å². The topological polar surface area (TPSA) is 79.5 Å². The zero-order valence-corrected chi connectivity index (χ0v) is 22.6. The number of piperidine rings is 1. The van der Waals surface area contributed by atoms with Crippen molar-refractivity contribution in [3.8, 4) is 22.8 Å². The van der Waals surface area contributed by atoms with Gasteiger partial charge in [0.25, 0.3) is 0 Å². The van der Waals surface area contributed by atoms with E-state index in [0.717, 1.165) is 90.9 Å². The molecule has 8 heteroatoms. The number of fused-ring (bicyclic) bond motifs is 1. The molecule has 4 heterocycles. The van der Waals surface area contributed by atoms with Crippen molar-refractivity contribution in [2.45, 2.75) is 44.2 Å². The Balaban J connectivity index is 1.25. The number of carbonyl (C=O) groups is 1. The summed E-state index contributed by atoms with van der Waals surface area (Å²) in [6.07, 6.45) is 4.88. The molecule has 198 valence electrons. The third-order valence-corrected chi connectivity index (χ3v) is 8.39. The number of benzene rings is 2. The third-order valence-electron chi connectivity index (χ3n) is 7.69. The fourth-order valence-corrected chi connectivity index (χ4v) is 6.40. The van der Waals surface area contributed by atoms with Gasteiger partial charge in [-0.3, -0.25) is 14.8 Å². The maximum atomic E-state index is 13.6. The average molecular weight is 531 g/mol. The highest BCUT2D eigenvalue weighted by Gasteiger charge is 2.30. The molecular weight excluding hydrogens is 496 g/mol. The van der Waals surface area contributed by atoms with E-state index in [4.69, 9.17) is 9.47 Å². The number of nitrogens with zero attached hydrogens (tertiary/aromatic N) is 2. The van der Waals surface area contributed by atoms with Crippen LogP contribution in [0.2, 0.25) is 0 Å². The van der Waals surface area contributed by atoms with E-state index in [9.17, 15) is 4.79 Å². The minimum absolute atomic E-state index is 0.167. The van der Waals surface area contributed by atoms with Gasteiger partial charge >= 0.3 is 0 Å². The zero-order chi connectivity index (χ0) is 25.9. The zero-order valence-electron chi connectivity index (χ0n) is 21.7. The van der Waals surface area contributed by atoms with Crippen LogP contribution in [0, 0.1) is 0 Å². The van der Waals surface area contributed by atoms with E-state index in [1.54, 1.807) is 18.4 Å². The van der Waals surface area contributed by atoms with E-state index < -0.39 is 0 Å². The van der Waals surface area contributed by atoms with Gasteiger partial charge in [0, 0.05) is 17.4 Å². The summed E-state index contributed by atoms with van der Waals surface area (Å²) < 4.78 is 12.0. The van der Waals surface area contributed by atoms with Gasteiger partial charge in [-0.05, 0) is 110 Å². The van der Waals surface area contributed by atoms with Crippen molar-refractivity contribution in [2.75, 3.05) is 33.3 Å². The number of H-pyrrole nitrogens is 1. The molecule has 38 heavy (non-hydrogen) atoms. The van der Waals surface area contributed by atoms with Crippen LogP contribution in [0.15, 0.2) is 53.2 Å². The number of rotatable bonds is 9. The third kappa shape index (κ3) is 5.21. The highest BCUT2D eigenvalue weighted by Crippen LogP contribution is 2.36. The fraction of sp³-hybridized carbons (Fsp3) is 0.400. The first-order valence-electron chi connectivity index (χ1n) is 13.5. The summed E-state index contributed by atoms with van der Waals surface area (Å²) in [5.41, 5.74) is 4.85. The van der Waals surface area contributed by atoms with E-state index in [2.05, 4.69) is 43.3 Å². The number of thiophene rings is 1. The van der Waals surface area contributed by atoms with E-state index in [1.807, 2.05) is 30.3 Å². The van der Waals surface area contributed by atoms with Crippen LogP contribution in [0.25, 0.3) is 22.2 Å². The van der Waals surface area contributed by atoms with E-state index in [1.165, 1.54) is 0 Å². The molecule has 0 amide bonds. The van der Waals surface area contributed by atoms with Crippen molar-refractivity contribution < 1.29 is 14.3 Å². The Morgan fingerprint density at radius 1 is 1.11 bits per heavy atom. The van der Waals surface area contributed by atoms with Crippen molar-refractivity contribution in [2.24, 2.45) is 0 Å². The highest BCUT2D eigenvalue weighted by atomic mass is 32.1. The van der Waals surface area contributed by atoms with Gasteiger partial charge in [-0.25, -0.2) is 0 Å². The average Bonchev–Trinajstić information content (AvgIpc) is 3.73. The van der Waals surface area contributed by atoms with Gasteiger partial charge in [0.15, 0.2) is 17.3 Å². The molecule has 2 aromatic heterocycles. The Kier molecular flexibility index (Phi) is 7.44. The first-order chi connectivity index (χ1) is 18.7. The Labute approximate surface area is 227 Å². The van der Waals surface area contributed by atoms with Gasteiger partial charge in [0.2, 0.25) is 0 Å². The lowest BCUT2D eigenvalue weighted by molar-refractivity contribution is -0.123. The summed E-state index contributed by atoms with van der Waals surface area (Å²) in [7, 11) is 1.67. The van der Waals surface area contributed by atoms with Gasteiger partial charge in [0.1, 0.15) is 11.8 Å². The number of hydrogen-bond acceptors (Lipinski definition) is 7. The summed E-state index contributed by atoms with van der Waals surface area (Å²) in [6.45, 7) is 3.91. The molecule has 2 saturated heterocycles. The number of Topliss-reactive ketones (excluding diaryl/α,β-unsaturated/α-hetero) is 1. The van der Waals surface area contributed by atoms with E-state index in [-0.39, 0.29) is 17.9 Å². The summed E-state index contributed by atoms with van der Waals surface area (Å²) in [4.78, 5) is 16.0. The lowest BCUT2D eigenvalue weighted by Gasteiger charge is -2.26. The SMILES string of the molecule is COc1cc(-c2n[nH]c3ccc(CC(=O)C(c4ccsc4)N4CCCC4)cc23)ccc1OC1CCNCC1. The quantitative estimate of drug-likeness (QED) is 0.303. The Bertz CT molecular complexity index is 1390. The molecule has 2 aromatic carbocycles. The van der Waals surface area contributed by atoms with Crippen LogP contribution in [0.3, 0.4) is 0 Å². The molecule has 2 aliphatic rings. The van der Waals surface area contributed by atoms with Crippen molar-refractivity contribution in [1.82, 2.24) is 20.4 Å². The van der Waals surface area contributed by atoms with Gasteiger partial charge in [-0.1, -0.05) is 6.07 Å². The van der Waals surface area contributed by atoms with Crippen LogP contribution in [-0.4, -0.2) is 60.3 Å². The molecule has 0 saturated carbocycles. The van der Waals surface area contributed by atoms with Crippen LogP contribution >= 0.6 is 11.3 Å². The molecule has 1 unspecified atom stereocenters. The standard InChI is InChI=1S/C30H34N4O3S/c1-36-28-18-21(5-7-27(28)37-23-8-11-31-12-9-23)29-24-16-20(4-6-25(24)32-33-29)17-26(35)30(22-10-15-38-19-22)34-13-2-3-14-34/h4-7,10,15-16,18-19,23,30-31H,2-3,8-9,11-14,17H2,1H3,(H,32,33). The monoisotopic (exact) mass is 530 g/mol. The fourth-order valence-electron chi connectivity index (χ4n) is 5.72. The summed E-state index contributed by atoms with van der Waals surface area (Å²) in [6, 6.07) is 14.1. The number of ketones is 1. The van der Waals surface area contributed by atoms with Crippen molar-refractivity contribution in [1.29, 1.82) is 0 Å². The maximum absolute atomic E-state index is 13.6. The molecule has 1 atom stereocenters. The summed E-state index contributed by atoms with van der Waals surface area (Å²) in [5, 5.41) is 16.3. The number of ether oxygens (including phenoxy) is 2. The van der Waals surface area contributed by atoms with Crippen molar-refractivity contribution in [3.63, 3.8) is 0 Å². The second-order valence-electron chi connectivity index (χ2n) is 10.2. The number of aromatic amines is 1. The number of hydrogen-bond donors (Lipinski definition) is 2. The molecule has 4 aromatic rings. The number of carbonyl (C=O) groups excluding carboxylic acids is 1. The molecule has 2 aliphatic heterocycles. The molecule has 7 nitrogen and oxygen atoms in total. The number of methoxy groups -OCH3 is 1. The molecule has 0 aliphatic carbocycles. The first-order valence-corrected chi connectivity index (χ1v) is 14.5. The largest absolute Gasteiger partial charge is 0.493 e. The van der Waals surface area contributed by atoms with Crippen molar-refractivity contribution in [3.05, 3.63) is 64.4 Å². The minimum atomic E-state index is -0.167. The number of likely N-dealkylation sites (tertiary alicyclic amines) is 1. The highest BCUT2D eigenvalue weighted by molar-refractivity contribution is 7.08. The van der Waals surface area contributed by atoms with Gasteiger partial charge < -0.3 is 14.8 Å². The Hall–Kier alpha value is -3.20. The van der Waals surface area contributed by atoms with Gasteiger partial charge in [0.05, 0.1) is 18.7 Å². The van der Waals surface area contributed by atoms with Crippen LogP contribution < -0.4 is 14.8 Å². The second-order valence-corrected chi connectivity index (χ2v) is 11.0. The lowest BCUT2D eigenvalue weighted by Crippen LogP contribution is -2.34. The Morgan fingerprint density at radius 2 is 1.95 bits per heavy atom. The maximum Gasteiger partial charge on any atom is 0.161 e. The molecule has 0 radical (unpaired) electrons. The van der Waals surface area contributed by atoms with Gasteiger partial charge in [-0.15, -0.1) is 0 Å². The molecular formula is C30H34N4O3S. The molecule has 2 N–H and O–H groups in total. The Morgan fingerprint density at radius 3 is 2.71 bits per heavy atom. The van der Waals surface area contributed by atoms with Crippen LogP contribution in [-0.2, 0) is 11.2 Å². The number of aromatic nitrogens is 2. The summed E-state index contributed by atoms with van der Waals surface area (Å²) >= 11 is 1.65. The smallest absolute Gasteiger partial charge is 0.161 e. The predicted molar refractivity (Wildman–Crippen MR) is 151 cm³/mol. The van der Waals surface area contributed by atoms with Crippen LogP contribution in [0.5, 0.6) is 11.5 Å². The minimum Gasteiger partial charge on any atom is -0.493 e. The summed E-state index contributed by atoms with van der Waals surface area (Å²) in [5.74, 6) is 1.71. The molecule has 2 fully saturated rings. The molecule has 6 rings (SSSR count). The van der Waals surface area contributed by atoms with Gasteiger partial charge in [-0.2, -0.15) is 16.4 Å². The lowest BCUT2D eigenvalue weighted by atomic mass is 9.97. The van der Waals surface area contributed by atoms with Crippen molar-refractivity contribution >= 4 is 28.0 Å². The molecule has 0 spiro atoms. The predicted octanol–water partition coefficient (Wildman–Crippen LogP) is 5.38. The van der Waals surface area contributed by atoms with E-state index >= 15 is 0 Å². The first kappa shape index (κ1) is 25.1. The number of nitrogens with one attached hydrogen (secondary N) is 2.